The molecule has 2 unspecified atom stereocenters. The molecular weight excluding hydrogens is 236 g/mol. The molecule has 3 nitrogen and oxygen atoms in total. The molecule has 0 aliphatic carbocycles. The predicted octanol–water partition coefficient (Wildman–Crippen LogP) is 2.30. The Balaban J connectivity index is 0.00000256. The highest BCUT2D eigenvalue weighted by atomic mass is 35.5. The Morgan fingerprint density at radius 3 is 2.59 bits per heavy atom. The van der Waals surface area contributed by atoms with E-state index in [1.54, 1.807) is 0 Å². The molecule has 0 aromatic rings. The van der Waals surface area contributed by atoms with Crippen LogP contribution >= 0.6 is 12.4 Å². The quantitative estimate of drug-likeness (QED) is 0.843. The first-order valence-electron chi connectivity index (χ1n) is 6.50. The molecule has 1 saturated heterocycles. The third-order valence-electron chi connectivity index (χ3n) is 3.12. The molecule has 0 aromatic carbocycles. The summed E-state index contributed by atoms with van der Waals surface area (Å²) in [6.07, 6.45) is 1.86. The normalized spacial score (nSPS) is 22.2. The summed E-state index contributed by atoms with van der Waals surface area (Å²) >= 11 is 0. The Morgan fingerprint density at radius 1 is 1.41 bits per heavy atom. The monoisotopic (exact) mass is 262 g/mol. The van der Waals surface area contributed by atoms with Crippen molar-refractivity contribution in [2.24, 2.45) is 11.8 Å². The van der Waals surface area contributed by atoms with Crippen LogP contribution in [0.5, 0.6) is 0 Å². The lowest BCUT2D eigenvalue weighted by Gasteiger charge is -2.32. The van der Waals surface area contributed by atoms with Crippen LogP contribution in [0.2, 0.25) is 0 Å². The number of amides is 1. The molecule has 1 rings (SSSR count). The van der Waals surface area contributed by atoms with Crippen molar-refractivity contribution >= 4 is 18.3 Å². The third-order valence-corrected chi connectivity index (χ3v) is 3.12. The number of rotatable bonds is 4. The molecule has 0 saturated carbocycles. The fraction of sp³-hybridized carbons (Fsp3) is 0.923. The maximum atomic E-state index is 12.0. The first-order chi connectivity index (χ1) is 7.49. The van der Waals surface area contributed by atoms with E-state index in [1.165, 1.54) is 0 Å². The molecule has 1 aliphatic rings. The van der Waals surface area contributed by atoms with Crippen LogP contribution in [0.25, 0.3) is 0 Å². The highest BCUT2D eigenvalue weighted by Crippen LogP contribution is 2.16. The molecule has 2 atom stereocenters. The van der Waals surface area contributed by atoms with Crippen LogP contribution < -0.4 is 5.32 Å². The molecule has 0 aromatic heterocycles. The Labute approximate surface area is 112 Å². The van der Waals surface area contributed by atoms with Crippen LogP contribution in [-0.2, 0) is 4.79 Å². The second-order valence-corrected chi connectivity index (χ2v) is 5.63. The van der Waals surface area contributed by atoms with Crippen molar-refractivity contribution in [3.8, 4) is 0 Å². The van der Waals surface area contributed by atoms with E-state index in [0.717, 1.165) is 26.1 Å². The molecule has 1 heterocycles. The van der Waals surface area contributed by atoms with Crippen LogP contribution in [0, 0.1) is 11.8 Å². The Hall–Kier alpha value is -0.280. The van der Waals surface area contributed by atoms with E-state index in [-0.39, 0.29) is 12.4 Å². The molecule has 4 heteroatoms. The maximum Gasteiger partial charge on any atom is 0.222 e. The van der Waals surface area contributed by atoms with E-state index in [9.17, 15) is 4.79 Å². The molecule has 1 fully saturated rings. The summed E-state index contributed by atoms with van der Waals surface area (Å²) in [7, 11) is 0. The van der Waals surface area contributed by atoms with Crippen molar-refractivity contribution in [3.63, 3.8) is 0 Å². The number of piperazine rings is 1. The summed E-state index contributed by atoms with van der Waals surface area (Å²) in [6, 6.07) is 0.443. The highest BCUT2D eigenvalue weighted by molar-refractivity contribution is 5.85. The second kappa shape index (κ2) is 7.93. The van der Waals surface area contributed by atoms with Gasteiger partial charge in [-0.2, -0.15) is 0 Å². The van der Waals surface area contributed by atoms with Gasteiger partial charge in [0.05, 0.1) is 0 Å². The van der Waals surface area contributed by atoms with E-state index in [4.69, 9.17) is 0 Å². The lowest BCUT2D eigenvalue weighted by molar-refractivity contribution is -0.133. The van der Waals surface area contributed by atoms with Crippen molar-refractivity contribution in [2.75, 3.05) is 19.6 Å². The minimum Gasteiger partial charge on any atom is -0.340 e. The molecule has 0 bridgehead atoms. The number of hydrogen-bond acceptors (Lipinski definition) is 2. The predicted molar refractivity (Wildman–Crippen MR) is 74.5 cm³/mol. The number of carbonyl (C=O) groups is 1. The van der Waals surface area contributed by atoms with E-state index in [1.807, 2.05) is 4.90 Å². The minimum absolute atomic E-state index is 0. The van der Waals surface area contributed by atoms with Gasteiger partial charge in [0.15, 0.2) is 0 Å². The molecule has 102 valence electrons. The van der Waals surface area contributed by atoms with Gasteiger partial charge in [-0.3, -0.25) is 4.79 Å². The zero-order valence-corrected chi connectivity index (χ0v) is 12.3. The number of nitrogens with zero attached hydrogens (tertiary/aromatic N) is 1. The van der Waals surface area contributed by atoms with Crippen LogP contribution in [-0.4, -0.2) is 36.5 Å². The molecule has 17 heavy (non-hydrogen) atoms. The van der Waals surface area contributed by atoms with Gasteiger partial charge in [0.25, 0.3) is 0 Å². The van der Waals surface area contributed by atoms with Gasteiger partial charge in [-0.05, 0) is 25.2 Å². The van der Waals surface area contributed by atoms with E-state index in [0.29, 0.717) is 30.2 Å². The SMILES string of the molecule is CC(C)CC(C)CC(=O)N1CCNC(C)C1.Cl. The fourth-order valence-electron chi connectivity index (χ4n) is 2.47. The minimum atomic E-state index is 0. The fourth-order valence-corrected chi connectivity index (χ4v) is 2.47. The van der Waals surface area contributed by atoms with Gasteiger partial charge in [0, 0.05) is 32.1 Å². The summed E-state index contributed by atoms with van der Waals surface area (Å²) in [5, 5.41) is 3.36. The second-order valence-electron chi connectivity index (χ2n) is 5.63. The largest absolute Gasteiger partial charge is 0.340 e. The zero-order chi connectivity index (χ0) is 12.1. The standard InChI is InChI=1S/C13H26N2O.ClH/c1-10(2)7-11(3)8-13(16)15-6-5-14-12(4)9-15;/h10-12,14H,5-9H2,1-4H3;1H. The van der Waals surface area contributed by atoms with E-state index < -0.39 is 0 Å². The summed E-state index contributed by atoms with van der Waals surface area (Å²) in [5.74, 6) is 1.53. The third kappa shape index (κ3) is 6.27. The van der Waals surface area contributed by atoms with Crippen LogP contribution in [0.4, 0.5) is 0 Å². The van der Waals surface area contributed by atoms with Gasteiger partial charge >= 0.3 is 0 Å². The lowest BCUT2D eigenvalue weighted by atomic mass is 9.95. The van der Waals surface area contributed by atoms with Crippen LogP contribution in [0.15, 0.2) is 0 Å². The lowest BCUT2D eigenvalue weighted by Crippen LogP contribution is -2.51. The van der Waals surface area contributed by atoms with Crippen molar-refractivity contribution in [1.29, 1.82) is 0 Å². The average Bonchev–Trinajstić information content (AvgIpc) is 2.16. The van der Waals surface area contributed by atoms with Crippen molar-refractivity contribution < 1.29 is 4.79 Å². The molecule has 0 radical (unpaired) electrons. The molecule has 0 spiro atoms. The van der Waals surface area contributed by atoms with Gasteiger partial charge in [0.2, 0.25) is 5.91 Å². The van der Waals surface area contributed by atoms with Crippen molar-refractivity contribution in [3.05, 3.63) is 0 Å². The maximum absolute atomic E-state index is 12.0. The van der Waals surface area contributed by atoms with E-state index >= 15 is 0 Å². The van der Waals surface area contributed by atoms with Crippen molar-refractivity contribution in [2.45, 2.75) is 46.6 Å². The van der Waals surface area contributed by atoms with Gasteiger partial charge in [-0.1, -0.05) is 20.8 Å². The van der Waals surface area contributed by atoms with E-state index in [2.05, 4.69) is 33.0 Å². The number of hydrogen-bond donors (Lipinski definition) is 1. The van der Waals surface area contributed by atoms with Gasteiger partial charge in [-0.15, -0.1) is 12.4 Å². The molecule has 1 aliphatic heterocycles. The summed E-state index contributed by atoms with van der Waals surface area (Å²) in [5.41, 5.74) is 0. The first kappa shape index (κ1) is 16.7. The Morgan fingerprint density at radius 2 is 2.06 bits per heavy atom. The van der Waals surface area contributed by atoms with Gasteiger partial charge in [-0.25, -0.2) is 0 Å². The summed E-state index contributed by atoms with van der Waals surface area (Å²) in [4.78, 5) is 14.0. The first-order valence-corrected chi connectivity index (χ1v) is 6.50. The highest BCUT2D eigenvalue weighted by Gasteiger charge is 2.21. The number of carbonyl (C=O) groups excluding carboxylic acids is 1. The number of halogens is 1. The zero-order valence-electron chi connectivity index (χ0n) is 11.5. The van der Waals surface area contributed by atoms with Crippen LogP contribution in [0.3, 0.4) is 0 Å². The molecule has 1 N–H and O–H groups in total. The molecular formula is C13H27ClN2O. The summed E-state index contributed by atoms with van der Waals surface area (Å²) in [6.45, 7) is 11.4. The smallest absolute Gasteiger partial charge is 0.222 e. The Kier molecular flexibility index (Phi) is 7.80. The van der Waals surface area contributed by atoms with Crippen molar-refractivity contribution in [1.82, 2.24) is 10.2 Å². The topological polar surface area (TPSA) is 32.3 Å². The Bertz CT molecular complexity index is 233. The summed E-state index contributed by atoms with van der Waals surface area (Å²) < 4.78 is 0. The molecule has 1 amide bonds. The average molecular weight is 263 g/mol. The number of nitrogens with one attached hydrogen (secondary N) is 1. The van der Waals surface area contributed by atoms with Gasteiger partial charge in [0.1, 0.15) is 0 Å². The van der Waals surface area contributed by atoms with Gasteiger partial charge < -0.3 is 10.2 Å². The van der Waals surface area contributed by atoms with Crippen LogP contribution in [0.1, 0.15) is 40.5 Å².